The summed E-state index contributed by atoms with van der Waals surface area (Å²) in [5.41, 5.74) is 2.74. The van der Waals surface area contributed by atoms with Crippen molar-refractivity contribution in [3.63, 3.8) is 0 Å². The first-order chi connectivity index (χ1) is 10.5. The van der Waals surface area contributed by atoms with Gasteiger partial charge in [-0.25, -0.2) is 4.98 Å². The maximum atomic E-state index is 6.04. The molecule has 1 aromatic heterocycles. The maximum absolute atomic E-state index is 6.04. The van der Waals surface area contributed by atoms with Crippen LogP contribution in [0.15, 0.2) is 30.5 Å². The number of imidazole rings is 1. The number of nitrogens with one attached hydrogen (secondary N) is 1. The van der Waals surface area contributed by atoms with Crippen LogP contribution in [0, 0.1) is 5.92 Å². The third kappa shape index (κ3) is 4.11. The van der Waals surface area contributed by atoms with E-state index in [0.29, 0.717) is 23.7 Å². The van der Waals surface area contributed by atoms with Crippen LogP contribution in [0.25, 0.3) is 0 Å². The van der Waals surface area contributed by atoms with Gasteiger partial charge < -0.3 is 9.88 Å². The Labute approximate surface area is 138 Å². The topological polar surface area (TPSA) is 29.9 Å². The van der Waals surface area contributed by atoms with E-state index in [2.05, 4.69) is 55.3 Å². The first-order valence-electron chi connectivity index (χ1n) is 8.01. The summed E-state index contributed by atoms with van der Waals surface area (Å²) in [5.74, 6) is 1.46. The van der Waals surface area contributed by atoms with Crippen molar-refractivity contribution >= 4 is 11.6 Å². The molecule has 22 heavy (non-hydrogen) atoms. The van der Waals surface area contributed by atoms with E-state index in [1.165, 1.54) is 17.5 Å². The van der Waals surface area contributed by atoms with Gasteiger partial charge in [-0.3, -0.25) is 0 Å². The zero-order chi connectivity index (χ0) is 16.1. The highest BCUT2D eigenvalue weighted by Crippen LogP contribution is 2.23. The molecule has 1 atom stereocenters. The van der Waals surface area contributed by atoms with E-state index in [4.69, 9.17) is 11.6 Å². The fraction of sp³-hybridized carbons (Fsp3) is 0.500. The van der Waals surface area contributed by atoms with Crippen molar-refractivity contribution in [2.24, 2.45) is 13.0 Å². The van der Waals surface area contributed by atoms with Crippen LogP contribution in [0.2, 0.25) is 5.15 Å². The SMILES string of the molecule is CCCc1ccc(C(NCc2ncc(Cl)n2C)C(C)C)cc1. The van der Waals surface area contributed by atoms with E-state index >= 15 is 0 Å². The van der Waals surface area contributed by atoms with Gasteiger partial charge in [0.15, 0.2) is 0 Å². The van der Waals surface area contributed by atoms with E-state index in [0.717, 1.165) is 12.2 Å². The summed E-state index contributed by atoms with van der Waals surface area (Å²) in [5, 5.41) is 4.28. The molecule has 4 heteroatoms. The molecule has 3 nitrogen and oxygen atoms in total. The molecule has 0 saturated carbocycles. The van der Waals surface area contributed by atoms with Crippen molar-refractivity contribution in [2.75, 3.05) is 0 Å². The van der Waals surface area contributed by atoms with Crippen molar-refractivity contribution in [3.8, 4) is 0 Å². The molecular weight excluding hydrogens is 294 g/mol. The highest BCUT2D eigenvalue weighted by Gasteiger charge is 2.16. The van der Waals surface area contributed by atoms with Gasteiger partial charge in [-0.05, 0) is 23.5 Å². The number of benzene rings is 1. The Hall–Kier alpha value is -1.32. The fourth-order valence-electron chi connectivity index (χ4n) is 2.71. The first-order valence-corrected chi connectivity index (χ1v) is 8.39. The van der Waals surface area contributed by atoms with Gasteiger partial charge in [0.2, 0.25) is 0 Å². The zero-order valence-corrected chi connectivity index (χ0v) is 14.7. The largest absolute Gasteiger partial charge is 0.321 e. The summed E-state index contributed by atoms with van der Waals surface area (Å²) in [7, 11) is 1.94. The van der Waals surface area contributed by atoms with Crippen molar-refractivity contribution in [1.29, 1.82) is 0 Å². The molecule has 1 aromatic carbocycles. The second-order valence-corrected chi connectivity index (χ2v) is 6.54. The lowest BCUT2D eigenvalue weighted by atomic mass is 9.94. The second kappa shape index (κ2) is 7.80. The molecule has 1 unspecified atom stereocenters. The molecule has 0 saturated heterocycles. The molecule has 1 heterocycles. The minimum Gasteiger partial charge on any atom is -0.321 e. The molecule has 0 aliphatic rings. The lowest BCUT2D eigenvalue weighted by Gasteiger charge is -2.23. The van der Waals surface area contributed by atoms with E-state index < -0.39 is 0 Å². The van der Waals surface area contributed by atoms with Crippen molar-refractivity contribution in [1.82, 2.24) is 14.9 Å². The molecule has 0 aliphatic carbocycles. The van der Waals surface area contributed by atoms with Crippen LogP contribution in [0.5, 0.6) is 0 Å². The van der Waals surface area contributed by atoms with Gasteiger partial charge >= 0.3 is 0 Å². The predicted octanol–water partition coefficient (Wildman–Crippen LogP) is 4.51. The number of aryl methyl sites for hydroxylation is 1. The van der Waals surface area contributed by atoms with Gasteiger partial charge in [-0.15, -0.1) is 0 Å². The third-order valence-electron chi connectivity index (χ3n) is 4.05. The summed E-state index contributed by atoms with van der Waals surface area (Å²) in [6.45, 7) is 7.40. The van der Waals surface area contributed by atoms with Crippen LogP contribution in [0.1, 0.15) is 50.2 Å². The van der Waals surface area contributed by atoms with Crippen LogP contribution in [-0.2, 0) is 20.0 Å². The van der Waals surface area contributed by atoms with E-state index in [9.17, 15) is 0 Å². The Morgan fingerprint density at radius 3 is 2.41 bits per heavy atom. The van der Waals surface area contributed by atoms with Crippen LogP contribution >= 0.6 is 11.6 Å². The quantitative estimate of drug-likeness (QED) is 0.813. The normalized spacial score (nSPS) is 12.8. The van der Waals surface area contributed by atoms with Gasteiger partial charge in [0.05, 0.1) is 12.7 Å². The molecule has 0 fully saturated rings. The minimum atomic E-state index is 0.311. The highest BCUT2D eigenvalue weighted by atomic mass is 35.5. The fourth-order valence-corrected chi connectivity index (χ4v) is 2.85. The molecule has 2 rings (SSSR count). The Morgan fingerprint density at radius 1 is 1.23 bits per heavy atom. The lowest BCUT2D eigenvalue weighted by Crippen LogP contribution is -2.26. The highest BCUT2D eigenvalue weighted by molar-refractivity contribution is 6.29. The Balaban J connectivity index is 2.07. The molecule has 0 radical (unpaired) electrons. The third-order valence-corrected chi connectivity index (χ3v) is 4.40. The van der Waals surface area contributed by atoms with Crippen LogP contribution in [-0.4, -0.2) is 9.55 Å². The van der Waals surface area contributed by atoms with Crippen LogP contribution < -0.4 is 5.32 Å². The summed E-state index contributed by atoms with van der Waals surface area (Å²) in [4.78, 5) is 4.35. The standard InChI is InChI=1S/C18H26ClN3/c1-5-6-14-7-9-15(10-8-14)18(13(2)3)21-12-17-20-11-16(19)22(17)4/h7-11,13,18,21H,5-6,12H2,1-4H3. The van der Waals surface area contributed by atoms with Gasteiger partial charge in [0, 0.05) is 13.1 Å². The van der Waals surface area contributed by atoms with Crippen molar-refractivity contribution < 1.29 is 0 Å². The smallest absolute Gasteiger partial charge is 0.128 e. The minimum absolute atomic E-state index is 0.311. The second-order valence-electron chi connectivity index (χ2n) is 6.15. The van der Waals surface area contributed by atoms with Crippen LogP contribution in [0.3, 0.4) is 0 Å². The molecular formula is C18H26ClN3. The summed E-state index contributed by atoms with van der Waals surface area (Å²) >= 11 is 6.04. The maximum Gasteiger partial charge on any atom is 0.128 e. The average molecular weight is 320 g/mol. The van der Waals surface area contributed by atoms with Gasteiger partial charge in [0.1, 0.15) is 11.0 Å². The molecule has 1 N–H and O–H groups in total. The Morgan fingerprint density at radius 2 is 1.91 bits per heavy atom. The van der Waals surface area contributed by atoms with E-state index in [1.807, 2.05) is 11.6 Å². The average Bonchev–Trinajstić information content (AvgIpc) is 2.81. The number of nitrogens with zero attached hydrogens (tertiary/aromatic N) is 2. The van der Waals surface area contributed by atoms with E-state index in [-0.39, 0.29) is 0 Å². The summed E-state index contributed by atoms with van der Waals surface area (Å²) in [6.07, 6.45) is 4.03. The monoisotopic (exact) mass is 319 g/mol. The molecule has 2 aromatic rings. The van der Waals surface area contributed by atoms with Crippen LogP contribution in [0.4, 0.5) is 0 Å². The zero-order valence-electron chi connectivity index (χ0n) is 13.9. The van der Waals surface area contributed by atoms with Crippen molar-refractivity contribution in [3.05, 3.63) is 52.6 Å². The Kier molecular flexibility index (Phi) is 6.04. The summed E-state index contributed by atoms with van der Waals surface area (Å²) < 4.78 is 1.91. The molecule has 0 bridgehead atoms. The molecule has 0 spiro atoms. The van der Waals surface area contributed by atoms with Gasteiger partial charge in [-0.2, -0.15) is 0 Å². The number of hydrogen-bond donors (Lipinski definition) is 1. The van der Waals surface area contributed by atoms with E-state index in [1.54, 1.807) is 6.20 Å². The molecule has 0 amide bonds. The first kappa shape index (κ1) is 17.0. The lowest BCUT2D eigenvalue weighted by molar-refractivity contribution is 0.403. The number of aromatic nitrogens is 2. The van der Waals surface area contributed by atoms with Gasteiger partial charge in [0.25, 0.3) is 0 Å². The Bertz CT molecular complexity index is 587. The van der Waals surface area contributed by atoms with Crippen molar-refractivity contribution in [2.45, 2.75) is 46.2 Å². The molecule has 120 valence electrons. The predicted molar refractivity (Wildman–Crippen MR) is 93.1 cm³/mol. The summed E-state index contributed by atoms with van der Waals surface area (Å²) in [6, 6.07) is 9.29. The number of halogens is 1. The number of rotatable bonds is 7. The molecule has 0 aliphatic heterocycles. The number of hydrogen-bond acceptors (Lipinski definition) is 2. The van der Waals surface area contributed by atoms with Gasteiger partial charge in [-0.1, -0.05) is 63.1 Å².